The highest BCUT2D eigenvalue weighted by Gasteiger charge is 2.12. The first kappa shape index (κ1) is 13.8. The number of rotatable bonds is 3. The molecule has 0 unspecified atom stereocenters. The van der Waals surface area contributed by atoms with Crippen LogP contribution in [0.5, 0.6) is 0 Å². The van der Waals surface area contributed by atoms with Gasteiger partial charge in [-0.25, -0.2) is 0 Å². The highest BCUT2D eigenvalue weighted by Crippen LogP contribution is 2.26. The van der Waals surface area contributed by atoms with Crippen molar-refractivity contribution in [2.24, 2.45) is 0 Å². The second-order valence-electron chi connectivity index (χ2n) is 3.89. The Labute approximate surface area is 121 Å². The molecular weight excluding hydrogens is 280 g/mol. The Morgan fingerprint density at radius 3 is 2.74 bits per heavy atom. The summed E-state index contributed by atoms with van der Waals surface area (Å²) >= 11 is 7.45. The summed E-state index contributed by atoms with van der Waals surface area (Å²) in [7, 11) is 0. The molecular formula is C14H13ClN2OS. The molecule has 0 aromatic heterocycles. The SMILES string of the molecule is CSc1ccccc1NC(=O)c1cc(Cl)ccc1N. The number of carbonyl (C=O) groups is 1. The van der Waals surface area contributed by atoms with E-state index in [4.69, 9.17) is 17.3 Å². The summed E-state index contributed by atoms with van der Waals surface area (Å²) in [4.78, 5) is 13.2. The van der Waals surface area contributed by atoms with Crippen LogP contribution in [-0.4, -0.2) is 12.2 Å². The maximum Gasteiger partial charge on any atom is 0.257 e. The van der Waals surface area contributed by atoms with Crippen LogP contribution in [0.1, 0.15) is 10.4 Å². The normalized spacial score (nSPS) is 10.2. The maximum atomic E-state index is 12.2. The third-order valence-electron chi connectivity index (χ3n) is 2.62. The molecule has 0 saturated heterocycles. The zero-order valence-electron chi connectivity index (χ0n) is 10.3. The standard InChI is InChI=1S/C14H13ClN2OS/c1-19-13-5-3-2-4-12(13)17-14(18)10-8-9(15)6-7-11(10)16/h2-8H,16H2,1H3,(H,17,18). The van der Waals surface area contributed by atoms with Gasteiger partial charge in [0.05, 0.1) is 11.3 Å². The van der Waals surface area contributed by atoms with Crippen molar-refractivity contribution in [2.75, 3.05) is 17.3 Å². The molecule has 2 aromatic carbocycles. The summed E-state index contributed by atoms with van der Waals surface area (Å²) in [5.41, 5.74) is 7.34. The first-order valence-electron chi connectivity index (χ1n) is 5.61. The summed E-state index contributed by atoms with van der Waals surface area (Å²) in [5, 5.41) is 3.33. The van der Waals surface area contributed by atoms with Crippen molar-refractivity contribution >= 4 is 40.6 Å². The predicted octanol–water partition coefficient (Wildman–Crippen LogP) is 3.90. The molecule has 2 aromatic rings. The van der Waals surface area contributed by atoms with Gasteiger partial charge >= 0.3 is 0 Å². The second-order valence-corrected chi connectivity index (χ2v) is 5.17. The number of hydrogen-bond donors (Lipinski definition) is 2. The average Bonchev–Trinajstić information content (AvgIpc) is 2.42. The molecule has 0 heterocycles. The molecule has 0 spiro atoms. The van der Waals surface area contributed by atoms with Gasteiger partial charge in [-0.1, -0.05) is 23.7 Å². The fraction of sp³-hybridized carbons (Fsp3) is 0.0714. The Kier molecular flexibility index (Phi) is 4.35. The van der Waals surface area contributed by atoms with Gasteiger partial charge in [0.2, 0.25) is 0 Å². The number of halogens is 1. The van der Waals surface area contributed by atoms with E-state index in [1.54, 1.807) is 30.0 Å². The smallest absolute Gasteiger partial charge is 0.257 e. The zero-order chi connectivity index (χ0) is 13.8. The summed E-state index contributed by atoms with van der Waals surface area (Å²) in [5.74, 6) is -0.262. The molecule has 98 valence electrons. The Balaban J connectivity index is 2.28. The molecule has 3 nitrogen and oxygen atoms in total. The third kappa shape index (κ3) is 3.22. The van der Waals surface area contributed by atoms with Crippen molar-refractivity contribution in [2.45, 2.75) is 4.90 Å². The first-order valence-corrected chi connectivity index (χ1v) is 7.21. The molecule has 2 rings (SSSR count). The van der Waals surface area contributed by atoms with Crippen molar-refractivity contribution in [3.63, 3.8) is 0 Å². The molecule has 1 amide bonds. The van der Waals surface area contributed by atoms with Crippen molar-refractivity contribution in [1.82, 2.24) is 0 Å². The molecule has 5 heteroatoms. The average molecular weight is 293 g/mol. The molecule has 0 radical (unpaired) electrons. The lowest BCUT2D eigenvalue weighted by atomic mass is 10.1. The van der Waals surface area contributed by atoms with Crippen LogP contribution in [0, 0.1) is 0 Å². The minimum atomic E-state index is -0.262. The lowest BCUT2D eigenvalue weighted by molar-refractivity contribution is 0.102. The number of carbonyl (C=O) groups excluding carboxylic acids is 1. The molecule has 0 atom stereocenters. The molecule has 0 saturated carbocycles. The molecule has 0 aliphatic heterocycles. The summed E-state index contributed by atoms with van der Waals surface area (Å²) in [6.07, 6.45) is 1.96. The summed E-state index contributed by atoms with van der Waals surface area (Å²) in [6, 6.07) is 12.4. The van der Waals surface area contributed by atoms with Gasteiger partial charge in [0.15, 0.2) is 0 Å². The fourth-order valence-corrected chi connectivity index (χ4v) is 2.39. The quantitative estimate of drug-likeness (QED) is 0.666. The van der Waals surface area contributed by atoms with E-state index in [1.165, 1.54) is 0 Å². The van der Waals surface area contributed by atoms with Crippen LogP contribution in [0.25, 0.3) is 0 Å². The van der Waals surface area contributed by atoms with Gasteiger partial charge in [0.25, 0.3) is 5.91 Å². The predicted molar refractivity (Wildman–Crippen MR) is 82.0 cm³/mol. The van der Waals surface area contributed by atoms with E-state index in [2.05, 4.69) is 5.32 Å². The van der Waals surface area contributed by atoms with Crippen molar-refractivity contribution < 1.29 is 4.79 Å². The van der Waals surface area contributed by atoms with Crippen molar-refractivity contribution in [3.8, 4) is 0 Å². The number of anilines is 2. The van der Waals surface area contributed by atoms with Crippen LogP contribution < -0.4 is 11.1 Å². The van der Waals surface area contributed by atoms with E-state index in [-0.39, 0.29) is 5.91 Å². The van der Waals surface area contributed by atoms with Crippen LogP contribution in [0.2, 0.25) is 5.02 Å². The Bertz CT molecular complexity index is 616. The largest absolute Gasteiger partial charge is 0.398 e. The minimum Gasteiger partial charge on any atom is -0.398 e. The molecule has 0 aliphatic rings. The Morgan fingerprint density at radius 2 is 2.00 bits per heavy atom. The maximum absolute atomic E-state index is 12.2. The number of benzene rings is 2. The van der Waals surface area contributed by atoms with Gasteiger partial charge in [0.1, 0.15) is 0 Å². The van der Waals surface area contributed by atoms with Gasteiger partial charge < -0.3 is 11.1 Å². The van der Waals surface area contributed by atoms with Crippen molar-refractivity contribution in [3.05, 3.63) is 53.1 Å². The topological polar surface area (TPSA) is 55.1 Å². The van der Waals surface area contributed by atoms with E-state index in [9.17, 15) is 4.79 Å². The highest BCUT2D eigenvalue weighted by atomic mass is 35.5. The zero-order valence-corrected chi connectivity index (χ0v) is 11.9. The van der Waals surface area contributed by atoms with E-state index < -0.39 is 0 Å². The van der Waals surface area contributed by atoms with Crippen LogP contribution in [0.4, 0.5) is 11.4 Å². The number of nitrogens with two attached hydrogens (primary N) is 1. The van der Waals surface area contributed by atoms with Crippen LogP contribution in [-0.2, 0) is 0 Å². The Morgan fingerprint density at radius 1 is 1.26 bits per heavy atom. The van der Waals surface area contributed by atoms with Gasteiger partial charge in [-0.05, 0) is 36.6 Å². The summed E-state index contributed by atoms with van der Waals surface area (Å²) in [6.45, 7) is 0. The number of amides is 1. The Hall–Kier alpha value is -1.65. The molecule has 0 fully saturated rings. The monoisotopic (exact) mass is 292 g/mol. The van der Waals surface area contributed by atoms with Crippen LogP contribution >= 0.6 is 23.4 Å². The number of nitrogen functional groups attached to an aromatic ring is 1. The summed E-state index contributed by atoms with van der Waals surface area (Å²) < 4.78 is 0. The third-order valence-corrected chi connectivity index (χ3v) is 3.65. The van der Waals surface area contributed by atoms with Gasteiger partial charge in [-0.3, -0.25) is 4.79 Å². The number of nitrogens with one attached hydrogen (secondary N) is 1. The molecule has 3 N–H and O–H groups in total. The number of hydrogen-bond acceptors (Lipinski definition) is 3. The van der Waals surface area contributed by atoms with Crippen LogP contribution in [0.3, 0.4) is 0 Å². The number of thioether (sulfide) groups is 1. The lowest BCUT2D eigenvalue weighted by Crippen LogP contribution is -2.14. The first-order chi connectivity index (χ1) is 9.11. The molecule has 19 heavy (non-hydrogen) atoms. The van der Waals surface area contributed by atoms with Gasteiger partial charge in [0, 0.05) is 15.6 Å². The lowest BCUT2D eigenvalue weighted by Gasteiger charge is -2.10. The molecule has 0 bridgehead atoms. The highest BCUT2D eigenvalue weighted by molar-refractivity contribution is 7.98. The van der Waals surface area contributed by atoms with Crippen LogP contribution in [0.15, 0.2) is 47.4 Å². The minimum absolute atomic E-state index is 0.262. The van der Waals surface area contributed by atoms with Crippen molar-refractivity contribution in [1.29, 1.82) is 0 Å². The van der Waals surface area contributed by atoms with E-state index in [0.29, 0.717) is 16.3 Å². The number of para-hydroxylation sites is 1. The van der Waals surface area contributed by atoms with E-state index >= 15 is 0 Å². The van der Waals surface area contributed by atoms with E-state index in [1.807, 2.05) is 30.5 Å². The van der Waals surface area contributed by atoms with Gasteiger partial charge in [-0.15, -0.1) is 11.8 Å². The van der Waals surface area contributed by atoms with E-state index in [0.717, 1.165) is 10.6 Å². The van der Waals surface area contributed by atoms with Gasteiger partial charge in [-0.2, -0.15) is 0 Å². The molecule has 0 aliphatic carbocycles. The second kappa shape index (κ2) is 5.99. The fourth-order valence-electron chi connectivity index (χ4n) is 1.66.